The molecule has 0 radical (unpaired) electrons. The smallest absolute Gasteiger partial charge is 0.0266 e. The summed E-state index contributed by atoms with van der Waals surface area (Å²) in [6, 6.07) is 2.13. The normalized spacial score (nSPS) is 9.43. The van der Waals surface area contributed by atoms with E-state index < -0.39 is 0 Å². The van der Waals surface area contributed by atoms with Crippen LogP contribution >= 0.6 is 33.9 Å². The fourth-order valence-electron chi connectivity index (χ4n) is 0.369. The van der Waals surface area contributed by atoms with Crippen LogP contribution in [0.5, 0.6) is 0 Å². The Morgan fingerprint density at radius 3 is 2.57 bits per heavy atom. The molecule has 1 heterocycles. The first-order valence-corrected chi connectivity index (χ1v) is 3.96. The number of aryl methyl sites for hydroxylation is 1. The standard InChI is InChI=1S/C5H5IS/c1-4-5(6)2-3-7-4/h2-3H,1H3. The highest BCUT2D eigenvalue weighted by Crippen LogP contribution is 2.15. The minimum atomic E-state index is 1.38. The molecule has 0 unspecified atom stereocenters. The van der Waals surface area contributed by atoms with E-state index in [-0.39, 0.29) is 0 Å². The summed E-state index contributed by atoms with van der Waals surface area (Å²) in [5.74, 6) is 0. The van der Waals surface area contributed by atoms with Gasteiger partial charge in [-0.05, 0) is 41.0 Å². The zero-order chi connectivity index (χ0) is 5.28. The topological polar surface area (TPSA) is 0 Å². The van der Waals surface area contributed by atoms with Crippen LogP contribution in [0.3, 0.4) is 0 Å². The minimum absolute atomic E-state index is 1.38. The number of rotatable bonds is 0. The largest absolute Gasteiger partial charge is 0.148 e. The number of halogens is 1. The summed E-state index contributed by atoms with van der Waals surface area (Å²) >= 11 is 4.13. The van der Waals surface area contributed by atoms with Gasteiger partial charge in [0.2, 0.25) is 0 Å². The van der Waals surface area contributed by atoms with Crippen LogP contribution in [0.2, 0.25) is 0 Å². The zero-order valence-electron chi connectivity index (χ0n) is 3.94. The maximum Gasteiger partial charge on any atom is 0.0266 e. The SMILES string of the molecule is Cc1sccc1I. The molecule has 0 aliphatic carbocycles. The van der Waals surface area contributed by atoms with Crippen molar-refractivity contribution in [3.63, 3.8) is 0 Å². The summed E-state index contributed by atoms with van der Waals surface area (Å²) < 4.78 is 1.38. The van der Waals surface area contributed by atoms with Gasteiger partial charge < -0.3 is 0 Å². The molecule has 0 saturated heterocycles. The van der Waals surface area contributed by atoms with E-state index in [2.05, 4.69) is 41.0 Å². The minimum Gasteiger partial charge on any atom is -0.148 e. The number of thiophene rings is 1. The van der Waals surface area contributed by atoms with Crippen LogP contribution in [0.4, 0.5) is 0 Å². The molecule has 0 fully saturated rings. The van der Waals surface area contributed by atoms with Crippen molar-refractivity contribution < 1.29 is 0 Å². The molecule has 0 aromatic carbocycles. The van der Waals surface area contributed by atoms with E-state index in [0.29, 0.717) is 0 Å². The van der Waals surface area contributed by atoms with Crippen LogP contribution in [0.15, 0.2) is 11.4 Å². The monoisotopic (exact) mass is 224 g/mol. The van der Waals surface area contributed by atoms with E-state index in [9.17, 15) is 0 Å². The summed E-state index contributed by atoms with van der Waals surface area (Å²) in [6.07, 6.45) is 0. The van der Waals surface area contributed by atoms with E-state index in [1.165, 1.54) is 8.45 Å². The van der Waals surface area contributed by atoms with Crippen LogP contribution in [0.1, 0.15) is 4.88 Å². The second-order valence-corrected chi connectivity index (χ2v) is 3.61. The summed E-state index contributed by atoms with van der Waals surface area (Å²) in [7, 11) is 0. The molecule has 0 aliphatic heterocycles. The summed E-state index contributed by atoms with van der Waals surface area (Å²) in [4.78, 5) is 1.42. The molecule has 0 aliphatic rings. The van der Waals surface area contributed by atoms with Crippen molar-refractivity contribution >= 4 is 33.9 Å². The second kappa shape index (κ2) is 2.13. The third kappa shape index (κ3) is 1.16. The van der Waals surface area contributed by atoms with E-state index in [1.807, 2.05) is 0 Å². The van der Waals surface area contributed by atoms with Crippen molar-refractivity contribution in [1.29, 1.82) is 0 Å². The van der Waals surface area contributed by atoms with Crippen molar-refractivity contribution in [2.45, 2.75) is 6.92 Å². The predicted molar refractivity (Wildman–Crippen MR) is 41.8 cm³/mol. The Balaban J connectivity index is 3.12. The number of hydrogen-bond donors (Lipinski definition) is 0. The molecule has 0 saturated carbocycles. The molecule has 0 amide bonds. The van der Waals surface area contributed by atoms with Gasteiger partial charge in [0, 0.05) is 8.45 Å². The average Bonchev–Trinajstić information content (AvgIpc) is 1.91. The summed E-state index contributed by atoms with van der Waals surface area (Å²) in [6.45, 7) is 2.13. The Labute approximate surface area is 60.7 Å². The molecule has 1 aromatic heterocycles. The molecule has 2 heteroatoms. The fraction of sp³-hybridized carbons (Fsp3) is 0.200. The van der Waals surface area contributed by atoms with Gasteiger partial charge in [-0.2, -0.15) is 0 Å². The molecule has 0 N–H and O–H groups in total. The Morgan fingerprint density at radius 2 is 2.43 bits per heavy atom. The average molecular weight is 224 g/mol. The van der Waals surface area contributed by atoms with Crippen molar-refractivity contribution in [3.05, 3.63) is 19.9 Å². The van der Waals surface area contributed by atoms with Crippen LogP contribution < -0.4 is 0 Å². The van der Waals surface area contributed by atoms with Crippen molar-refractivity contribution in [3.8, 4) is 0 Å². The first kappa shape index (κ1) is 5.56. The molecule has 0 spiro atoms. The lowest BCUT2D eigenvalue weighted by atomic mass is 10.5. The molecule has 0 bridgehead atoms. The second-order valence-electron chi connectivity index (χ2n) is 1.32. The van der Waals surface area contributed by atoms with Gasteiger partial charge in [0.15, 0.2) is 0 Å². The maximum atomic E-state index is 2.33. The lowest BCUT2D eigenvalue weighted by molar-refractivity contribution is 1.59. The zero-order valence-corrected chi connectivity index (χ0v) is 6.91. The Bertz CT molecular complexity index is 140. The van der Waals surface area contributed by atoms with Gasteiger partial charge in [-0.15, -0.1) is 11.3 Å². The molecule has 1 aromatic rings. The van der Waals surface area contributed by atoms with Crippen molar-refractivity contribution in [2.75, 3.05) is 0 Å². The molecule has 0 nitrogen and oxygen atoms in total. The first-order valence-electron chi connectivity index (χ1n) is 2.00. The lowest BCUT2D eigenvalue weighted by Gasteiger charge is -1.77. The number of hydrogen-bond acceptors (Lipinski definition) is 1. The van der Waals surface area contributed by atoms with Crippen LogP contribution in [0, 0.1) is 10.5 Å². The van der Waals surface area contributed by atoms with Crippen LogP contribution in [-0.4, -0.2) is 0 Å². The lowest BCUT2D eigenvalue weighted by Crippen LogP contribution is -1.59. The Kier molecular flexibility index (Phi) is 1.69. The van der Waals surface area contributed by atoms with E-state index in [0.717, 1.165) is 0 Å². The van der Waals surface area contributed by atoms with Crippen LogP contribution in [-0.2, 0) is 0 Å². The van der Waals surface area contributed by atoms with E-state index >= 15 is 0 Å². The third-order valence-electron chi connectivity index (χ3n) is 0.796. The highest BCUT2D eigenvalue weighted by molar-refractivity contribution is 14.1. The summed E-state index contributed by atoms with van der Waals surface area (Å²) in [5.41, 5.74) is 0. The highest BCUT2D eigenvalue weighted by Gasteiger charge is 1.89. The van der Waals surface area contributed by atoms with Crippen molar-refractivity contribution in [1.82, 2.24) is 0 Å². The Morgan fingerprint density at radius 1 is 1.71 bits per heavy atom. The van der Waals surface area contributed by atoms with Gasteiger partial charge in [-0.1, -0.05) is 0 Å². The maximum absolute atomic E-state index is 2.33. The van der Waals surface area contributed by atoms with Gasteiger partial charge in [-0.25, -0.2) is 0 Å². The van der Waals surface area contributed by atoms with Gasteiger partial charge in [0.25, 0.3) is 0 Å². The third-order valence-corrected chi connectivity index (χ3v) is 3.18. The Hall–Kier alpha value is 0.430. The molecule has 7 heavy (non-hydrogen) atoms. The van der Waals surface area contributed by atoms with Gasteiger partial charge in [0.05, 0.1) is 0 Å². The van der Waals surface area contributed by atoms with Gasteiger partial charge in [0.1, 0.15) is 0 Å². The summed E-state index contributed by atoms with van der Waals surface area (Å²) in [5, 5.41) is 2.11. The highest BCUT2D eigenvalue weighted by atomic mass is 127. The molecular formula is C5H5IS. The van der Waals surface area contributed by atoms with Crippen LogP contribution in [0.25, 0.3) is 0 Å². The predicted octanol–water partition coefficient (Wildman–Crippen LogP) is 2.66. The quantitative estimate of drug-likeness (QED) is 0.594. The van der Waals surface area contributed by atoms with Gasteiger partial charge >= 0.3 is 0 Å². The van der Waals surface area contributed by atoms with Crippen molar-refractivity contribution in [2.24, 2.45) is 0 Å². The molecule has 38 valence electrons. The van der Waals surface area contributed by atoms with E-state index in [4.69, 9.17) is 0 Å². The molecule has 1 rings (SSSR count). The molecular weight excluding hydrogens is 219 g/mol. The first-order chi connectivity index (χ1) is 3.30. The van der Waals surface area contributed by atoms with Gasteiger partial charge in [-0.3, -0.25) is 0 Å². The fourth-order valence-corrected chi connectivity index (χ4v) is 1.76. The van der Waals surface area contributed by atoms with E-state index in [1.54, 1.807) is 11.3 Å². The molecule has 0 atom stereocenters.